The number of hydrogen-bond donors (Lipinski definition) is 3. The minimum atomic E-state index is -0.679. The van der Waals surface area contributed by atoms with Gasteiger partial charge in [-0.25, -0.2) is 9.97 Å². The fourth-order valence-corrected chi connectivity index (χ4v) is 5.62. The molecule has 0 aliphatic heterocycles. The number of rotatable bonds is 9. The van der Waals surface area contributed by atoms with E-state index in [2.05, 4.69) is 15.6 Å². The van der Waals surface area contributed by atoms with Crippen molar-refractivity contribution in [1.29, 1.82) is 0 Å². The molecule has 34 heavy (non-hydrogen) atoms. The lowest BCUT2D eigenvalue weighted by Crippen LogP contribution is -2.30. The fraction of sp³-hybridized carbons (Fsp3) is 0.600. The van der Waals surface area contributed by atoms with Gasteiger partial charge in [-0.15, -0.1) is 11.3 Å². The predicted molar refractivity (Wildman–Crippen MR) is 139 cm³/mol. The van der Waals surface area contributed by atoms with Crippen LogP contribution in [0.25, 0.3) is 20.8 Å². The number of aromatic nitrogens is 4. The van der Waals surface area contributed by atoms with Crippen LogP contribution in [0.5, 0.6) is 0 Å². The first-order valence-corrected chi connectivity index (χ1v) is 12.9. The van der Waals surface area contributed by atoms with Gasteiger partial charge in [0.1, 0.15) is 16.3 Å². The molecule has 0 bridgehead atoms. The van der Waals surface area contributed by atoms with Gasteiger partial charge in [-0.2, -0.15) is 4.98 Å². The van der Waals surface area contributed by atoms with E-state index in [1.165, 1.54) is 0 Å². The third kappa shape index (κ3) is 5.64. The first-order chi connectivity index (χ1) is 16.1. The average Bonchev–Trinajstić information content (AvgIpc) is 3.39. The number of ether oxygens (including phenoxy) is 1. The van der Waals surface area contributed by atoms with Gasteiger partial charge in [-0.1, -0.05) is 0 Å². The monoisotopic (exact) mass is 484 g/mol. The molecule has 3 heterocycles. The lowest BCUT2D eigenvalue weighted by atomic mass is 9.89. The van der Waals surface area contributed by atoms with Gasteiger partial charge in [0.05, 0.1) is 40.0 Å². The van der Waals surface area contributed by atoms with Crippen molar-refractivity contribution >= 4 is 33.3 Å². The van der Waals surface area contributed by atoms with Gasteiger partial charge in [0.25, 0.3) is 0 Å². The van der Waals surface area contributed by atoms with Gasteiger partial charge in [0.2, 0.25) is 5.95 Å². The Morgan fingerprint density at radius 2 is 1.97 bits per heavy atom. The SMILES string of the molecule is Cc1nc(NCCOC(C)C)nc(NC2CCC(C(C)(C)O)C2)c1-c1nc2c(C)nccc2s1. The van der Waals surface area contributed by atoms with Crippen LogP contribution in [0.15, 0.2) is 12.3 Å². The summed E-state index contributed by atoms with van der Waals surface area (Å²) in [5, 5.41) is 18.4. The number of hydrogen-bond acceptors (Lipinski definition) is 9. The fourth-order valence-electron chi connectivity index (χ4n) is 4.51. The van der Waals surface area contributed by atoms with Gasteiger partial charge >= 0.3 is 0 Å². The topological polar surface area (TPSA) is 105 Å². The molecule has 0 radical (unpaired) electrons. The molecule has 0 aromatic carbocycles. The zero-order valence-electron chi connectivity index (χ0n) is 21.0. The Hall–Kier alpha value is -2.36. The van der Waals surface area contributed by atoms with Crippen LogP contribution in [0.1, 0.15) is 58.3 Å². The van der Waals surface area contributed by atoms with Crippen LogP contribution >= 0.6 is 11.3 Å². The van der Waals surface area contributed by atoms with E-state index < -0.39 is 5.60 Å². The summed E-state index contributed by atoms with van der Waals surface area (Å²) in [7, 11) is 0. The Bertz CT molecular complexity index is 1140. The van der Waals surface area contributed by atoms with Crippen LogP contribution in [0.3, 0.4) is 0 Å². The summed E-state index contributed by atoms with van der Waals surface area (Å²) in [5.41, 5.74) is 2.95. The molecule has 8 nitrogen and oxygen atoms in total. The summed E-state index contributed by atoms with van der Waals surface area (Å²) in [6.45, 7) is 13.1. The molecule has 3 aromatic heterocycles. The van der Waals surface area contributed by atoms with E-state index in [1.54, 1.807) is 11.3 Å². The number of thiazole rings is 1. The molecule has 1 aliphatic rings. The van der Waals surface area contributed by atoms with Crippen LogP contribution in [-0.4, -0.2) is 55.9 Å². The normalized spacial score (nSPS) is 18.7. The molecule has 9 heteroatoms. The van der Waals surface area contributed by atoms with E-state index in [-0.39, 0.29) is 18.1 Å². The van der Waals surface area contributed by atoms with Crippen LogP contribution in [-0.2, 0) is 4.74 Å². The number of fused-ring (bicyclic) bond motifs is 1. The van der Waals surface area contributed by atoms with Gasteiger partial charge in [-0.3, -0.25) is 4.98 Å². The highest BCUT2D eigenvalue weighted by Gasteiger charge is 2.35. The number of nitrogens with zero attached hydrogens (tertiary/aromatic N) is 4. The van der Waals surface area contributed by atoms with Crippen molar-refractivity contribution in [3.8, 4) is 10.6 Å². The molecule has 1 fully saturated rings. The maximum atomic E-state index is 10.5. The van der Waals surface area contributed by atoms with Gasteiger partial charge in [-0.05, 0) is 72.8 Å². The standard InChI is InChI=1S/C25H36N6O2S/c1-14(2)33-12-11-27-24-28-15(3)20(23-30-21-16(4)26-10-9-19(21)34-23)22(31-24)29-18-8-7-17(13-18)25(5,6)32/h9-10,14,17-18,32H,7-8,11-13H2,1-6H3,(H2,27,28,29,31). The van der Waals surface area contributed by atoms with E-state index in [4.69, 9.17) is 19.7 Å². The summed E-state index contributed by atoms with van der Waals surface area (Å²) >= 11 is 1.63. The highest BCUT2D eigenvalue weighted by atomic mass is 32.1. The van der Waals surface area contributed by atoms with E-state index in [0.717, 1.165) is 57.3 Å². The van der Waals surface area contributed by atoms with Gasteiger partial charge in [0, 0.05) is 18.8 Å². The number of aryl methyl sites for hydroxylation is 2. The minimum Gasteiger partial charge on any atom is -0.390 e. The maximum absolute atomic E-state index is 10.5. The second-order valence-corrected chi connectivity index (χ2v) is 11.0. The molecular weight excluding hydrogens is 448 g/mol. The third-order valence-corrected chi connectivity index (χ3v) is 7.44. The van der Waals surface area contributed by atoms with Crippen molar-refractivity contribution in [3.05, 3.63) is 23.7 Å². The molecule has 2 atom stereocenters. The van der Waals surface area contributed by atoms with Crippen molar-refractivity contribution in [1.82, 2.24) is 19.9 Å². The second-order valence-electron chi connectivity index (χ2n) is 9.97. The third-order valence-electron chi connectivity index (χ3n) is 6.40. The average molecular weight is 485 g/mol. The molecular formula is C25H36N6O2S. The Morgan fingerprint density at radius 1 is 1.18 bits per heavy atom. The quantitative estimate of drug-likeness (QED) is 0.366. The maximum Gasteiger partial charge on any atom is 0.224 e. The van der Waals surface area contributed by atoms with Gasteiger partial charge < -0.3 is 20.5 Å². The van der Waals surface area contributed by atoms with Crippen LogP contribution in [0, 0.1) is 19.8 Å². The summed E-state index contributed by atoms with van der Waals surface area (Å²) in [6.07, 6.45) is 4.89. The van der Waals surface area contributed by atoms with E-state index >= 15 is 0 Å². The number of anilines is 2. The van der Waals surface area contributed by atoms with Crippen LogP contribution in [0.2, 0.25) is 0 Å². The molecule has 3 aromatic rings. The summed E-state index contributed by atoms with van der Waals surface area (Å²) < 4.78 is 6.74. The smallest absolute Gasteiger partial charge is 0.224 e. The predicted octanol–water partition coefficient (Wildman–Crippen LogP) is 4.95. The Balaban J connectivity index is 1.65. The van der Waals surface area contributed by atoms with Gasteiger partial charge in [0.15, 0.2) is 0 Å². The lowest BCUT2D eigenvalue weighted by molar-refractivity contribution is 0.0197. The highest BCUT2D eigenvalue weighted by Crippen LogP contribution is 2.39. The van der Waals surface area contributed by atoms with E-state index in [9.17, 15) is 5.11 Å². The van der Waals surface area contributed by atoms with Crippen molar-refractivity contribution in [2.24, 2.45) is 5.92 Å². The first-order valence-electron chi connectivity index (χ1n) is 12.1. The molecule has 1 saturated carbocycles. The second kappa shape index (κ2) is 10.1. The van der Waals surface area contributed by atoms with E-state index in [0.29, 0.717) is 19.1 Å². The molecule has 2 unspecified atom stereocenters. The highest BCUT2D eigenvalue weighted by molar-refractivity contribution is 7.21. The number of nitrogens with one attached hydrogen (secondary N) is 2. The Morgan fingerprint density at radius 3 is 2.65 bits per heavy atom. The molecule has 4 rings (SSSR count). The number of aliphatic hydroxyl groups is 1. The number of pyridine rings is 1. The Kier molecular flexibility index (Phi) is 7.35. The molecule has 0 spiro atoms. The van der Waals surface area contributed by atoms with Crippen molar-refractivity contribution in [3.63, 3.8) is 0 Å². The lowest BCUT2D eigenvalue weighted by Gasteiger charge is -2.25. The molecule has 0 saturated heterocycles. The summed E-state index contributed by atoms with van der Waals surface area (Å²) in [4.78, 5) is 18.9. The summed E-state index contributed by atoms with van der Waals surface area (Å²) in [5.74, 6) is 1.62. The largest absolute Gasteiger partial charge is 0.390 e. The minimum absolute atomic E-state index is 0.187. The van der Waals surface area contributed by atoms with Crippen molar-refractivity contribution < 1.29 is 9.84 Å². The molecule has 3 N–H and O–H groups in total. The van der Waals surface area contributed by atoms with Crippen molar-refractivity contribution in [2.45, 2.75) is 78.6 Å². The van der Waals surface area contributed by atoms with Crippen LogP contribution < -0.4 is 10.6 Å². The molecule has 184 valence electrons. The van der Waals surface area contributed by atoms with Crippen molar-refractivity contribution in [2.75, 3.05) is 23.8 Å². The Labute approximate surface area is 205 Å². The summed E-state index contributed by atoms with van der Waals surface area (Å²) in [6, 6.07) is 2.24. The van der Waals surface area contributed by atoms with E-state index in [1.807, 2.05) is 53.8 Å². The van der Waals surface area contributed by atoms with Crippen LogP contribution in [0.4, 0.5) is 11.8 Å². The zero-order valence-corrected chi connectivity index (χ0v) is 21.8. The molecule has 0 amide bonds. The first kappa shape index (κ1) is 24.8. The molecule has 1 aliphatic carbocycles. The zero-order chi connectivity index (χ0) is 24.5.